The van der Waals surface area contributed by atoms with Crippen LogP contribution in [0.25, 0.3) is 0 Å². The molecule has 1 aromatic carbocycles. The molecule has 4 heteroatoms. The van der Waals surface area contributed by atoms with Crippen LogP contribution in [0.15, 0.2) is 24.3 Å². The summed E-state index contributed by atoms with van der Waals surface area (Å²) in [6, 6.07) is 7.97. The van der Waals surface area contributed by atoms with Crippen LogP contribution in [0.3, 0.4) is 0 Å². The van der Waals surface area contributed by atoms with Crippen molar-refractivity contribution >= 4 is 17.1 Å². The Morgan fingerprint density at radius 3 is 2.62 bits per heavy atom. The number of para-hydroxylation sites is 1. The predicted octanol–water partition coefficient (Wildman–Crippen LogP) is 4.40. The first-order chi connectivity index (χ1) is 9.99. The van der Waals surface area contributed by atoms with Crippen LogP contribution in [0.2, 0.25) is 0 Å². The smallest absolute Gasteiger partial charge is 0.171 e. The molecule has 0 aliphatic heterocycles. The Bertz CT molecular complexity index is 631. The van der Waals surface area contributed by atoms with Gasteiger partial charge in [-0.05, 0) is 24.5 Å². The number of hydrogen-bond donors (Lipinski definition) is 0. The van der Waals surface area contributed by atoms with Crippen LogP contribution in [-0.4, -0.2) is 17.4 Å². The lowest BCUT2D eigenvalue weighted by molar-refractivity contribution is 0.102. The number of aryl methyl sites for hydroxylation is 1. The highest BCUT2D eigenvalue weighted by Gasteiger charge is 2.17. The fourth-order valence-electron chi connectivity index (χ4n) is 2.10. The Morgan fingerprint density at radius 2 is 2.05 bits per heavy atom. The van der Waals surface area contributed by atoms with Gasteiger partial charge in [-0.15, -0.1) is 11.3 Å². The number of ketones is 1. The van der Waals surface area contributed by atoms with Crippen LogP contribution in [0, 0.1) is 6.92 Å². The zero-order valence-electron chi connectivity index (χ0n) is 13.0. The number of thiazole rings is 1. The lowest BCUT2D eigenvalue weighted by Gasteiger charge is -2.07. The highest BCUT2D eigenvalue weighted by atomic mass is 32.1. The summed E-state index contributed by atoms with van der Waals surface area (Å²) < 4.78 is 5.79. The summed E-state index contributed by atoms with van der Waals surface area (Å²) in [5.41, 5.74) is 2.04. The molecular weight excluding hydrogens is 282 g/mol. The number of nitrogens with zero attached hydrogens (tertiary/aromatic N) is 1. The molecule has 112 valence electrons. The first-order valence-corrected chi connectivity index (χ1v) is 7.99. The van der Waals surface area contributed by atoms with E-state index in [1.165, 1.54) is 11.3 Å². The second-order valence-corrected chi connectivity index (χ2v) is 6.48. The average Bonchev–Trinajstić information content (AvgIpc) is 2.85. The summed E-state index contributed by atoms with van der Waals surface area (Å²) in [6.45, 7) is 8.34. The van der Waals surface area contributed by atoms with Crippen molar-refractivity contribution in [1.82, 2.24) is 4.98 Å². The number of ether oxygens (including phenoxy) is 1. The maximum atomic E-state index is 11.7. The Hall–Kier alpha value is -1.68. The third-order valence-corrected chi connectivity index (χ3v) is 4.46. The SMILES string of the molecule is CC(=O)c1sc(CCOc2ccccc2C)nc1C(C)C. The zero-order valence-corrected chi connectivity index (χ0v) is 13.8. The Morgan fingerprint density at radius 1 is 1.33 bits per heavy atom. The highest BCUT2D eigenvalue weighted by molar-refractivity contribution is 7.13. The van der Waals surface area contributed by atoms with Gasteiger partial charge in [0, 0.05) is 13.3 Å². The number of hydrogen-bond acceptors (Lipinski definition) is 4. The molecule has 0 spiro atoms. The quantitative estimate of drug-likeness (QED) is 0.743. The van der Waals surface area contributed by atoms with E-state index in [4.69, 9.17) is 4.74 Å². The topological polar surface area (TPSA) is 39.2 Å². The van der Waals surface area contributed by atoms with E-state index >= 15 is 0 Å². The number of aromatic nitrogens is 1. The molecule has 0 N–H and O–H groups in total. The second kappa shape index (κ2) is 6.85. The van der Waals surface area contributed by atoms with Crippen molar-refractivity contribution < 1.29 is 9.53 Å². The van der Waals surface area contributed by atoms with Gasteiger partial charge in [-0.3, -0.25) is 4.79 Å². The molecule has 2 aromatic rings. The second-order valence-electron chi connectivity index (χ2n) is 5.40. The van der Waals surface area contributed by atoms with E-state index in [0.717, 1.165) is 33.3 Å². The van der Waals surface area contributed by atoms with Crippen LogP contribution < -0.4 is 4.74 Å². The van der Waals surface area contributed by atoms with Gasteiger partial charge in [-0.25, -0.2) is 4.98 Å². The lowest BCUT2D eigenvalue weighted by atomic mass is 10.1. The van der Waals surface area contributed by atoms with Gasteiger partial charge in [0.25, 0.3) is 0 Å². The lowest BCUT2D eigenvalue weighted by Crippen LogP contribution is -2.02. The minimum atomic E-state index is 0.0993. The van der Waals surface area contributed by atoms with Crippen molar-refractivity contribution in [3.8, 4) is 5.75 Å². The molecule has 0 saturated carbocycles. The Balaban J connectivity index is 2.02. The molecule has 0 aliphatic rings. The van der Waals surface area contributed by atoms with Gasteiger partial charge in [-0.1, -0.05) is 32.0 Å². The van der Waals surface area contributed by atoms with Crippen molar-refractivity contribution in [3.63, 3.8) is 0 Å². The van der Waals surface area contributed by atoms with E-state index in [1.807, 2.05) is 31.2 Å². The third-order valence-electron chi connectivity index (χ3n) is 3.23. The van der Waals surface area contributed by atoms with Crippen molar-refractivity contribution in [1.29, 1.82) is 0 Å². The van der Waals surface area contributed by atoms with Gasteiger partial charge in [0.1, 0.15) is 5.75 Å². The number of rotatable bonds is 6. The fourth-order valence-corrected chi connectivity index (χ4v) is 3.19. The van der Waals surface area contributed by atoms with Crippen LogP contribution >= 0.6 is 11.3 Å². The van der Waals surface area contributed by atoms with Crippen LogP contribution in [-0.2, 0) is 6.42 Å². The van der Waals surface area contributed by atoms with Crippen LogP contribution in [0.4, 0.5) is 0 Å². The van der Waals surface area contributed by atoms with Crippen molar-refractivity contribution in [3.05, 3.63) is 45.4 Å². The monoisotopic (exact) mass is 303 g/mol. The van der Waals surface area contributed by atoms with E-state index in [9.17, 15) is 4.79 Å². The molecule has 3 nitrogen and oxygen atoms in total. The van der Waals surface area contributed by atoms with Gasteiger partial charge in [0.2, 0.25) is 0 Å². The minimum Gasteiger partial charge on any atom is -0.493 e. The molecule has 0 saturated heterocycles. The molecule has 2 rings (SSSR count). The molecule has 1 heterocycles. The Labute approximate surface area is 130 Å². The van der Waals surface area contributed by atoms with Gasteiger partial charge in [0.15, 0.2) is 5.78 Å². The van der Waals surface area contributed by atoms with Crippen LogP contribution in [0.1, 0.15) is 52.6 Å². The molecular formula is C17H21NO2S. The molecule has 21 heavy (non-hydrogen) atoms. The molecule has 0 aliphatic carbocycles. The normalized spacial score (nSPS) is 10.9. The van der Waals surface area contributed by atoms with Crippen molar-refractivity contribution in [2.24, 2.45) is 0 Å². The van der Waals surface area contributed by atoms with Crippen LogP contribution in [0.5, 0.6) is 5.75 Å². The largest absolute Gasteiger partial charge is 0.493 e. The van der Waals surface area contributed by atoms with Crippen molar-refractivity contribution in [2.75, 3.05) is 6.61 Å². The predicted molar refractivity (Wildman–Crippen MR) is 86.6 cm³/mol. The highest BCUT2D eigenvalue weighted by Crippen LogP contribution is 2.26. The molecule has 0 unspecified atom stereocenters. The molecule has 0 bridgehead atoms. The number of benzene rings is 1. The van der Waals surface area contributed by atoms with Crippen molar-refractivity contribution in [2.45, 2.75) is 40.0 Å². The standard InChI is InChI=1S/C17H21NO2S/c1-11(2)16-17(13(4)19)21-15(18-16)9-10-20-14-8-6-5-7-12(14)3/h5-8,11H,9-10H2,1-4H3. The number of Topliss-reactive ketones (excluding diaryl/α,β-unsaturated/α-hetero) is 1. The first-order valence-electron chi connectivity index (χ1n) is 7.18. The van der Waals surface area contributed by atoms with Gasteiger partial charge in [0.05, 0.1) is 22.2 Å². The summed E-state index contributed by atoms with van der Waals surface area (Å²) in [7, 11) is 0. The summed E-state index contributed by atoms with van der Waals surface area (Å²) >= 11 is 1.49. The Kier molecular flexibility index (Phi) is 5.12. The summed E-state index contributed by atoms with van der Waals surface area (Å²) in [6.07, 6.45) is 0.728. The summed E-state index contributed by atoms with van der Waals surface area (Å²) in [5, 5.41) is 0.970. The third kappa shape index (κ3) is 3.91. The molecule has 0 amide bonds. The minimum absolute atomic E-state index is 0.0993. The van der Waals surface area contributed by atoms with E-state index in [2.05, 4.69) is 18.8 Å². The number of carbonyl (C=O) groups is 1. The summed E-state index contributed by atoms with van der Waals surface area (Å²) in [5.74, 6) is 1.28. The van der Waals surface area contributed by atoms with Gasteiger partial charge < -0.3 is 4.74 Å². The van der Waals surface area contributed by atoms with E-state index in [-0.39, 0.29) is 11.7 Å². The molecule has 0 atom stereocenters. The maximum Gasteiger partial charge on any atom is 0.171 e. The fraction of sp³-hybridized carbons (Fsp3) is 0.412. The first kappa shape index (κ1) is 15.7. The number of carbonyl (C=O) groups excluding carboxylic acids is 1. The van der Waals surface area contributed by atoms with E-state index < -0.39 is 0 Å². The summed E-state index contributed by atoms with van der Waals surface area (Å²) in [4.78, 5) is 17.1. The average molecular weight is 303 g/mol. The van der Waals surface area contributed by atoms with Gasteiger partial charge in [-0.2, -0.15) is 0 Å². The molecule has 0 fully saturated rings. The maximum absolute atomic E-state index is 11.7. The van der Waals surface area contributed by atoms with E-state index in [1.54, 1.807) is 6.92 Å². The van der Waals surface area contributed by atoms with E-state index in [0.29, 0.717) is 6.61 Å². The van der Waals surface area contributed by atoms with Gasteiger partial charge >= 0.3 is 0 Å². The molecule has 1 aromatic heterocycles. The molecule has 0 radical (unpaired) electrons. The zero-order chi connectivity index (χ0) is 15.4.